The Kier molecular flexibility index (Phi) is 10.2. The summed E-state index contributed by atoms with van der Waals surface area (Å²) in [5.41, 5.74) is 2.16. The van der Waals surface area contributed by atoms with Crippen LogP contribution in [0.1, 0.15) is 11.1 Å². The molecule has 1 fully saturated rings. The minimum Gasteiger partial charge on any atom is -0.496 e. The molecule has 35 heavy (non-hydrogen) atoms. The first-order chi connectivity index (χ1) is 16.7. The van der Waals surface area contributed by atoms with Gasteiger partial charge in [-0.1, -0.05) is 12.1 Å². The average molecular weight is 491 g/mol. The van der Waals surface area contributed by atoms with Crippen LogP contribution in [0.5, 0.6) is 17.2 Å². The fraction of sp³-hybridized carbons (Fsp3) is 0.391. The minimum absolute atomic E-state index is 0.140. The van der Waals surface area contributed by atoms with Crippen molar-refractivity contribution in [1.82, 2.24) is 9.80 Å². The van der Waals surface area contributed by atoms with E-state index in [-0.39, 0.29) is 10.6 Å². The van der Waals surface area contributed by atoms with Crippen LogP contribution in [0, 0.1) is 10.1 Å². The van der Waals surface area contributed by atoms with Gasteiger partial charge in [0.15, 0.2) is 11.5 Å². The standard InChI is InChI=1S/C21H27N3O5.C2H2O4/c1-27-19-13-21(29-3)20(28-2)12-17(19)15-23-9-7-22(8-10-23)14-16-5-4-6-18(11-16)24(25)26;3-1(4)2(5)6/h4-6,11-13H,7-10,14-15H2,1-3H3;(H,3,4)(H,5,6). The first-order valence-electron chi connectivity index (χ1n) is 10.6. The van der Waals surface area contributed by atoms with E-state index in [9.17, 15) is 10.1 Å². The second-order valence-electron chi connectivity index (χ2n) is 7.61. The number of carboxylic acid groups (broad SMARTS) is 2. The minimum atomic E-state index is -1.82. The van der Waals surface area contributed by atoms with Crippen molar-refractivity contribution in [3.63, 3.8) is 0 Å². The number of hydrogen-bond acceptors (Lipinski definition) is 9. The van der Waals surface area contributed by atoms with Crippen LogP contribution in [0.3, 0.4) is 0 Å². The fourth-order valence-corrected chi connectivity index (χ4v) is 3.59. The summed E-state index contributed by atoms with van der Waals surface area (Å²) < 4.78 is 16.3. The molecule has 190 valence electrons. The summed E-state index contributed by atoms with van der Waals surface area (Å²) in [5, 5.41) is 25.7. The van der Waals surface area contributed by atoms with Crippen LogP contribution in [-0.2, 0) is 22.7 Å². The molecule has 12 heteroatoms. The molecule has 0 aromatic heterocycles. The van der Waals surface area contributed by atoms with E-state index in [2.05, 4.69) is 9.80 Å². The third kappa shape index (κ3) is 8.12. The lowest BCUT2D eigenvalue weighted by atomic mass is 10.1. The van der Waals surface area contributed by atoms with Gasteiger partial charge in [0.1, 0.15) is 5.75 Å². The predicted octanol–water partition coefficient (Wildman–Crippen LogP) is 2.09. The predicted molar refractivity (Wildman–Crippen MR) is 125 cm³/mol. The number of piperazine rings is 1. The van der Waals surface area contributed by atoms with Gasteiger partial charge in [-0.3, -0.25) is 19.9 Å². The molecule has 0 atom stereocenters. The molecule has 2 aromatic rings. The molecule has 2 aromatic carbocycles. The lowest BCUT2D eigenvalue weighted by Crippen LogP contribution is -2.45. The van der Waals surface area contributed by atoms with E-state index in [1.54, 1.807) is 33.5 Å². The number of non-ortho nitro benzene ring substituents is 1. The number of aliphatic carboxylic acids is 2. The number of nitro benzene ring substituents is 1. The summed E-state index contributed by atoms with van der Waals surface area (Å²) in [7, 11) is 4.89. The van der Waals surface area contributed by atoms with Crippen LogP contribution in [0.4, 0.5) is 5.69 Å². The number of hydrogen-bond donors (Lipinski definition) is 2. The Hall–Kier alpha value is -3.90. The van der Waals surface area contributed by atoms with Gasteiger partial charge in [-0.05, 0) is 11.6 Å². The van der Waals surface area contributed by atoms with Crippen LogP contribution in [0.25, 0.3) is 0 Å². The molecule has 0 aliphatic carbocycles. The molecule has 0 amide bonds. The second kappa shape index (κ2) is 13.1. The van der Waals surface area contributed by atoms with Crippen molar-refractivity contribution in [2.24, 2.45) is 0 Å². The Morgan fingerprint density at radius 2 is 1.37 bits per heavy atom. The molecule has 3 rings (SSSR count). The number of nitro groups is 1. The maximum atomic E-state index is 11.0. The molecule has 1 saturated heterocycles. The van der Waals surface area contributed by atoms with Gasteiger partial charge in [0.2, 0.25) is 0 Å². The Bertz CT molecular complexity index is 1020. The smallest absolute Gasteiger partial charge is 0.414 e. The van der Waals surface area contributed by atoms with Crippen molar-refractivity contribution < 1.29 is 38.9 Å². The maximum absolute atomic E-state index is 11.0. The lowest BCUT2D eigenvalue weighted by molar-refractivity contribution is -0.384. The second-order valence-corrected chi connectivity index (χ2v) is 7.61. The molecule has 1 aliphatic rings. The summed E-state index contributed by atoms with van der Waals surface area (Å²) >= 11 is 0. The molecule has 0 bridgehead atoms. The largest absolute Gasteiger partial charge is 0.496 e. The summed E-state index contributed by atoms with van der Waals surface area (Å²) in [6, 6.07) is 10.7. The number of methoxy groups -OCH3 is 3. The normalized spacial score (nSPS) is 13.8. The number of ether oxygens (including phenoxy) is 3. The monoisotopic (exact) mass is 491 g/mol. The van der Waals surface area contributed by atoms with Crippen LogP contribution < -0.4 is 14.2 Å². The molecular formula is C23H29N3O9. The number of carboxylic acids is 2. The van der Waals surface area contributed by atoms with Crippen LogP contribution in [0.2, 0.25) is 0 Å². The van der Waals surface area contributed by atoms with E-state index >= 15 is 0 Å². The molecule has 2 N–H and O–H groups in total. The van der Waals surface area contributed by atoms with Gasteiger partial charge < -0.3 is 24.4 Å². The van der Waals surface area contributed by atoms with Crippen molar-refractivity contribution in [2.75, 3.05) is 47.5 Å². The van der Waals surface area contributed by atoms with E-state index in [1.807, 2.05) is 18.2 Å². The van der Waals surface area contributed by atoms with Crippen molar-refractivity contribution in [2.45, 2.75) is 13.1 Å². The molecule has 1 heterocycles. The maximum Gasteiger partial charge on any atom is 0.414 e. The van der Waals surface area contributed by atoms with Gasteiger partial charge in [-0.25, -0.2) is 9.59 Å². The summed E-state index contributed by atoms with van der Waals surface area (Å²) in [4.78, 5) is 33.5. The highest BCUT2D eigenvalue weighted by molar-refractivity contribution is 6.27. The van der Waals surface area contributed by atoms with E-state index in [0.29, 0.717) is 11.5 Å². The molecule has 1 aliphatic heterocycles. The van der Waals surface area contributed by atoms with Crippen molar-refractivity contribution in [3.8, 4) is 17.2 Å². The molecule has 0 radical (unpaired) electrons. The third-order valence-electron chi connectivity index (χ3n) is 5.36. The van der Waals surface area contributed by atoms with E-state index in [0.717, 1.165) is 56.1 Å². The molecule has 0 spiro atoms. The number of nitrogens with zero attached hydrogens (tertiary/aromatic N) is 3. The lowest BCUT2D eigenvalue weighted by Gasteiger charge is -2.35. The van der Waals surface area contributed by atoms with Gasteiger partial charge in [0.25, 0.3) is 5.69 Å². The Balaban J connectivity index is 0.000000641. The Labute approximate surface area is 202 Å². The van der Waals surface area contributed by atoms with E-state index in [4.69, 9.17) is 34.0 Å². The van der Waals surface area contributed by atoms with Crippen molar-refractivity contribution in [3.05, 3.63) is 57.6 Å². The molecule has 0 saturated carbocycles. The van der Waals surface area contributed by atoms with Gasteiger partial charge in [0, 0.05) is 63.0 Å². The van der Waals surface area contributed by atoms with Crippen molar-refractivity contribution >= 4 is 17.6 Å². The quantitative estimate of drug-likeness (QED) is 0.317. The zero-order chi connectivity index (χ0) is 26.0. The van der Waals surface area contributed by atoms with E-state index < -0.39 is 11.9 Å². The molecule has 0 unspecified atom stereocenters. The van der Waals surface area contributed by atoms with E-state index in [1.165, 1.54) is 6.07 Å². The molecular weight excluding hydrogens is 462 g/mol. The average Bonchev–Trinajstić information content (AvgIpc) is 2.85. The van der Waals surface area contributed by atoms with Crippen LogP contribution in [0.15, 0.2) is 36.4 Å². The van der Waals surface area contributed by atoms with Gasteiger partial charge in [-0.15, -0.1) is 0 Å². The highest BCUT2D eigenvalue weighted by Gasteiger charge is 2.20. The first-order valence-corrected chi connectivity index (χ1v) is 10.6. The van der Waals surface area contributed by atoms with Crippen LogP contribution in [-0.4, -0.2) is 84.4 Å². The summed E-state index contributed by atoms with van der Waals surface area (Å²) in [6.45, 7) is 5.10. The van der Waals surface area contributed by atoms with Crippen LogP contribution >= 0.6 is 0 Å². The summed E-state index contributed by atoms with van der Waals surface area (Å²) in [5.74, 6) is -1.53. The fourth-order valence-electron chi connectivity index (χ4n) is 3.59. The van der Waals surface area contributed by atoms with Crippen molar-refractivity contribution in [1.29, 1.82) is 0 Å². The zero-order valence-electron chi connectivity index (χ0n) is 19.8. The topological polar surface area (TPSA) is 152 Å². The highest BCUT2D eigenvalue weighted by atomic mass is 16.6. The first kappa shape index (κ1) is 27.3. The third-order valence-corrected chi connectivity index (χ3v) is 5.36. The number of rotatable bonds is 8. The van der Waals surface area contributed by atoms with Gasteiger partial charge >= 0.3 is 11.9 Å². The SMILES string of the molecule is COc1cc(OC)c(OC)cc1CN1CCN(Cc2cccc([N+](=O)[O-])c2)CC1.O=C(O)C(=O)O. The van der Waals surface area contributed by atoms with Gasteiger partial charge in [-0.2, -0.15) is 0 Å². The Morgan fingerprint density at radius 1 is 0.857 bits per heavy atom. The van der Waals surface area contributed by atoms with Gasteiger partial charge in [0.05, 0.1) is 26.3 Å². The Morgan fingerprint density at radius 3 is 1.86 bits per heavy atom. The highest BCUT2D eigenvalue weighted by Crippen LogP contribution is 2.35. The number of carbonyl (C=O) groups is 2. The molecule has 12 nitrogen and oxygen atoms in total. The summed E-state index contributed by atoms with van der Waals surface area (Å²) in [6.07, 6.45) is 0. The zero-order valence-corrected chi connectivity index (χ0v) is 19.8. The number of benzene rings is 2.